The van der Waals surface area contributed by atoms with Crippen LogP contribution in [0.15, 0.2) is 42.5 Å². The third-order valence-corrected chi connectivity index (χ3v) is 4.70. The molecule has 0 heterocycles. The Labute approximate surface area is 168 Å². The zero-order chi connectivity index (χ0) is 17.9. The van der Waals surface area contributed by atoms with Gasteiger partial charge in [0.1, 0.15) is 0 Å². The molecule has 0 atom stereocenters. The van der Waals surface area contributed by atoms with Gasteiger partial charge in [0.15, 0.2) is 5.11 Å². The molecule has 1 amide bonds. The van der Waals surface area contributed by atoms with E-state index in [1.807, 2.05) is 22.6 Å². The summed E-state index contributed by atoms with van der Waals surface area (Å²) in [5.74, 6) is -0.489. The van der Waals surface area contributed by atoms with E-state index in [1.165, 1.54) is 12.1 Å². The molecule has 0 spiro atoms. The maximum Gasteiger partial charge on any atom is 0.418 e. The number of alkyl halides is 3. The Morgan fingerprint density at radius 2 is 1.75 bits per heavy atom. The van der Waals surface area contributed by atoms with Crippen molar-refractivity contribution < 1.29 is 18.0 Å². The minimum Gasteiger partial charge on any atom is -0.332 e. The maximum absolute atomic E-state index is 13.1. The van der Waals surface area contributed by atoms with Crippen LogP contribution in [0.5, 0.6) is 0 Å². The first-order valence-electron chi connectivity index (χ1n) is 6.42. The summed E-state index contributed by atoms with van der Waals surface area (Å²) in [6.07, 6.45) is -4.53. The number of nitrogens with one attached hydrogen (secondary N) is 2. The van der Waals surface area contributed by atoms with Crippen LogP contribution < -0.4 is 10.6 Å². The molecule has 0 aliphatic carbocycles. The fourth-order valence-electron chi connectivity index (χ4n) is 1.83. The zero-order valence-corrected chi connectivity index (χ0v) is 16.9. The predicted octanol–water partition coefficient (Wildman–Crippen LogP) is 5.04. The van der Waals surface area contributed by atoms with Crippen LogP contribution in [-0.2, 0) is 6.18 Å². The lowest BCUT2D eigenvalue weighted by Crippen LogP contribution is -2.35. The van der Waals surface area contributed by atoms with Crippen LogP contribution in [0, 0.1) is 7.14 Å². The molecule has 24 heavy (non-hydrogen) atoms. The summed E-state index contributed by atoms with van der Waals surface area (Å²) in [5.41, 5.74) is -0.669. The summed E-state index contributed by atoms with van der Waals surface area (Å²) in [6.45, 7) is 0. The molecule has 0 saturated heterocycles. The second kappa shape index (κ2) is 7.95. The summed E-state index contributed by atoms with van der Waals surface area (Å²) in [7, 11) is 0. The van der Waals surface area contributed by atoms with E-state index < -0.39 is 17.6 Å². The number of rotatable bonds is 2. The van der Waals surface area contributed by atoms with Crippen LogP contribution in [0.3, 0.4) is 0 Å². The molecule has 0 fully saturated rings. The lowest BCUT2D eigenvalue weighted by atomic mass is 10.1. The number of carbonyl (C=O) groups excluding carboxylic acids is 1. The van der Waals surface area contributed by atoms with Gasteiger partial charge in [-0.15, -0.1) is 0 Å². The molecule has 0 unspecified atom stereocenters. The zero-order valence-electron chi connectivity index (χ0n) is 11.7. The van der Waals surface area contributed by atoms with E-state index in [0.29, 0.717) is 12.7 Å². The second-order valence-corrected chi connectivity index (χ2v) is 7.39. The van der Waals surface area contributed by atoms with Gasteiger partial charge in [-0.2, -0.15) is 13.2 Å². The van der Waals surface area contributed by atoms with Gasteiger partial charge in [0, 0.05) is 7.14 Å². The Hall–Kier alpha value is -0.950. The number of amides is 1. The molecule has 0 bridgehead atoms. The van der Waals surface area contributed by atoms with Gasteiger partial charge in [0.25, 0.3) is 5.91 Å². The Bertz CT molecular complexity index is 797. The fraction of sp³-hybridized carbons (Fsp3) is 0.0667. The number of benzene rings is 2. The number of hydrogen-bond donors (Lipinski definition) is 2. The van der Waals surface area contributed by atoms with Gasteiger partial charge in [0.05, 0.1) is 16.8 Å². The van der Waals surface area contributed by atoms with Gasteiger partial charge in [0.2, 0.25) is 0 Å². The van der Waals surface area contributed by atoms with E-state index in [2.05, 4.69) is 10.6 Å². The van der Waals surface area contributed by atoms with Crippen LogP contribution >= 0.6 is 57.4 Å². The molecule has 0 aliphatic heterocycles. The fourth-order valence-corrected chi connectivity index (χ4v) is 3.16. The Morgan fingerprint density at radius 1 is 1.08 bits per heavy atom. The van der Waals surface area contributed by atoms with Crippen LogP contribution in [0.2, 0.25) is 0 Å². The molecule has 2 rings (SSSR count). The first kappa shape index (κ1) is 19.4. The number of anilines is 1. The largest absolute Gasteiger partial charge is 0.418 e. The van der Waals surface area contributed by atoms with Crippen molar-refractivity contribution in [3.05, 3.63) is 60.7 Å². The van der Waals surface area contributed by atoms with Crippen LogP contribution in [-0.4, -0.2) is 11.0 Å². The molecular formula is C15H9F3I2N2OS. The van der Waals surface area contributed by atoms with Gasteiger partial charge in [-0.1, -0.05) is 12.1 Å². The predicted molar refractivity (Wildman–Crippen MR) is 107 cm³/mol. The molecule has 2 N–H and O–H groups in total. The first-order chi connectivity index (χ1) is 11.2. The van der Waals surface area contributed by atoms with Crippen molar-refractivity contribution in [2.75, 3.05) is 5.32 Å². The van der Waals surface area contributed by atoms with Gasteiger partial charge in [-0.25, -0.2) is 0 Å². The van der Waals surface area contributed by atoms with Crippen molar-refractivity contribution in [3.63, 3.8) is 0 Å². The third kappa shape index (κ3) is 5.02. The van der Waals surface area contributed by atoms with E-state index in [-0.39, 0.29) is 10.8 Å². The molecule has 126 valence electrons. The maximum atomic E-state index is 13.1. The molecule has 0 radical (unpaired) electrons. The lowest BCUT2D eigenvalue weighted by molar-refractivity contribution is -0.136. The molecule has 0 aromatic heterocycles. The van der Waals surface area contributed by atoms with Crippen LogP contribution in [0.1, 0.15) is 15.9 Å². The average molecular weight is 576 g/mol. The second-order valence-electron chi connectivity index (χ2n) is 4.58. The van der Waals surface area contributed by atoms with Gasteiger partial charge in [-0.3, -0.25) is 10.1 Å². The Kier molecular flexibility index (Phi) is 6.42. The third-order valence-electron chi connectivity index (χ3n) is 2.88. The molecular weight excluding hydrogens is 567 g/mol. The lowest BCUT2D eigenvalue weighted by Gasteiger charge is -2.16. The van der Waals surface area contributed by atoms with Crippen LogP contribution in [0.25, 0.3) is 0 Å². The summed E-state index contributed by atoms with van der Waals surface area (Å²) in [4.78, 5) is 12.1. The van der Waals surface area contributed by atoms with Crippen molar-refractivity contribution in [2.24, 2.45) is 0 Å². The number of hydrogen-bond acceptors (Lipinski definition) is 2. The van der Waals surface area contributed by atoms with Crippen molar-refractivity contribution >= 4 is 74.1 Å². The topological polar surface area (TPSA) is 41.1 Å². The van der Waals surface area contributed by atoms with E-state index in [1.54, 1.807) is 46.9 Å². The Morgan fingerprint density at radius 3 is 2.38 bits per heavy atom. The van der Waals surface area contributed by atoms with E-state index in [0.717, 1.165) is 6.07 Å². The monoisotopic (exact) mass is 576 g/mol. The summed E-state index contributed by atoms with van der Waals surface area (Å²) >= 11 is 8.74. The van der Waals surface area contributed by atoms with E-state index in [9.17, 15) is 18.0 Å². The number of carbonyl (C=O) groups is 1. The highest BCUT2D eigenvalue weighted by molar-refractivity contribution is 14.1. The molecule has 2 aromatic rings. The number of halogens is 5. The molecule has 3 nitrogen and oxygen atoms in total. The minimum atomic E-state index is -4.53. The first-order valence-corrected chi connectivity index (χ1v) is 8.98. The molecule has 2 aromatic carbocycles. The molecule has 0 saturated carbocycles. The van der Waals surface area contributed by atoms with Crippen molar-refractivity contribution in [1.82, 2.24) is 5.32 Å². The smallest absolute Gasteiger partial charge is 0.332 e. The molecule has 0 aliphatic rings. The standard InChI is InChI=1S/C15H9F3I2N2OS/c16-15(17,18)10-7-8(19)5-6-12(10)21-14(24)22-13(23)9-3-1-2-4-11(9)20/h1-7H,(H2,21,22,23,24). The van der Waals surface area contributed by atoms with E-state index in [4.69, 9.17) is 12.2 Å². The van der Waals surface area contributed by atoms with Crippen molar-refractivity contribution in [3.8, 4) is 0 Å². The Balaban J connectivity index is 2.16. The summed E-state index contributed by atoms with van der Waals surface area (Å²) in [5, 5.41) is 4.62. The summed E-state index contributed by atoms with van der Waals surface area (Å²) in [6, 6.07) is 10.6. The normalized spacial score (nSPS) is 11.0. The van der Waals surface area contributed by atoms with Gasteiger partial charge in [-0.05, 0) is 87.7 Å². The van der Waals surface area contributed by atoms with Crippen molar-refractivity contribution in [1.29, 1.82) is 0 Å². The highest BCUT2D eigenvalue weighted by atomic mass is 127. The summed E-state index contributed by atoms with van der Waals surface area (Å²) < 4.78 is 40.4. The van der Waals surface area contributed by atoms with Crippen LogP contribution in [0.4, 0.5) is 18.9 Å². The SMILES string of the molecule is O=C(NC(=S)Nc1ccc(I)cc1C(F)(F)F)c1ccccc1I. The highest BCUT2D eigenvalue weighted by Crippen LogP contribution is 2.35. The van der Waals surface area contributed by atoms with Gasteiger partial charge >= 0.3 is 6.18 Å². The minimum absolute atomic E-state index is 0.202. The number of thiocarbonyl (C=S) groups is 1. The molecule has 9 heteroatoms. The van der Waals surface area contributed by atoms with E-state index >= 15 is 0 Å². The van der Waals surface area contributed by atoms with Gasteiger partial charge < -0.3 is 5.32 Å². The quantitative estimate of drug-likeness (QED) is 0.389. The average Bonchev–Trinajstić information content (AvgIpc) is 2.48. The highest BCUT2D eigenvalue weighted by Gasteiger charge is 2.34. The van der Waals surface area contributed by atoms with Crippen molar-refractivity contribution in [2.45, 2.75) is 6.18 Å².